The highest BCUT2D eigenvalue weighted by atomic mass is 19.1. The van der Waals surface area contributed by atoms with Crippen molar-refractivity contribution in [3.63, 3.8) is 0 Å². The zero-order chi connectivity index (χ0) is 19.7. The van der Waals surface area contributed by atoms with Gasteiger partial charge >= 0.3 is 5.97 Å². The van der Waals surface area contributed by atoms with Crippen molar-refractivity contribution in [2.24, 2.45) is 0 Å². The zero-order valence-corrected chi connectivity index (χ0v) is 15.1. The number of hydrogen-bond acceptors (Lipinski definition) is 4. The number of halogens is 1. The van der Waals surface area contributed by atoms with E-state index in [1.807, 2.05) is 12.1 Å². The number of anilines is 2. The smallest absolute Gasteiger partial charge is 0.337 e. The van der Waals surface area contributed by atoms with Crippen LogP contribution in [0.15, 0.2) is 72.8 Å². The first kappa shape index (κ1) is 17.7. The highest BCUT2D eigenvalue weighted by Crippen LogP contribution is 2.36. The topological polar surface area (TPSA) is 58.6 Å². The van der Waals surface area contributed by atoms with Crippen LogP contribution in [0.5, 0.6) is 0 Å². The summed E-state index contributed by atoms with van der Waals surface area (Å²) >= 11 is 0. The fourth-order valence-corrected chi connectivity index (χ4v) is 3.27. The van der Waals surface area contributed by atoms with Gasteiger partial charge in [-0.25, -0.2) is 9.18 Å². The number of benzene rings is 3. The number of nitrogens with one attached hydrogen (secondary N) is 1. The first-order chi connectivity index (χ1) is 13.6. The molecule has 0 aromatic heterocycles. The van der Waals surface area contributed by atoms with E-state index in [9.17, 15) is 14.0 Å². The third-order valence-electron chi connectivity index (χ3n) is 4.68. The van der Waals surface area contributed by atoms with Crippen molar-refractivity contribution >= 4 is 23.3 Å². The second kappa shape index (κ2) is 7.15. The molecular weight excluding hydrogens is 359 g/mol. The van der Waals surface area contributed by atoms with Crippen LogP contribution in [0.4, 0.5) is 15.8 Å². The van der Waals surface area contributed by atoms with E-state index in [0.717, 1.165) is 5.56 Å². The second-order valence-corrected chi connectivity index (χ2v) is 6.36. The van der Waals surface area contributed by atoms with Crippen molar-refractivity contribution in [2.75, 3.05) is 17.3 Å². The molecule has 0 unspecified atom stereocenters. The number of carbonyl (C=O) groups excluding carboxylic acids is 2. The summed E-state index contributed by atoms with van der Waals surface area (Å²) in [5, 5.41) is 3.36. The summed E-state index contributed by atoms with van der Waals surface area (Å²) in [6.45, 7) is 0. The minimum Gasteiger partial charge on any atom is -0.465 e. The van der Waals surface area contributed by atoms with Gasteiger partial charge in [0.25, 0.3) is 5.91 Å². The van der Waals surface area contributed by atoms with Crippen molar-refractivity contribution in [1.82, 2.24) is 0 Å². The van der Waals surface area contributed by atoms with Gasteiger partial charge in [0.2, 0.25) is 0 Å². The lowest BCUT2D eigenvalue weighted by atomic mass is 10.0. The van der Waals surface area contributed by atoms with Gasteiger partial charge in [-0.15, -0.1) is 0 Å². The number of fused-ring (bicyclic) bond motifs is 1. The quantitative estimate of drug-likeness (QED) is 0.689. The standard InChI is InChI=1S/C22H17FN2O3/c1-28-22(27)15-8-6-14(7-9-15)20-24-19-5-3-2-4-18(19)21(26)25(20)17-12-10-16(23)11-13-17/h2-13,20,24H,1H3/t20-/m1/s1. The summed E-state index contributed by atoms with van der Waals surface area (Å²) in [7, 11) is 1.32. The molecule has 0 spiro atoms. The van der Waals surface area contributed by atoms with Crippen molar-refractivity contribution in [3.8, 4) is 0 Å². The van der Waals surface area contributed by atoms with Crippen LogP contribution in [-0.2, 0) is 4.74 Å². The lowest BCUT2D eigenvalue weighted by molar-refractivity contribution is 0.0600. The number of methoxy groups -OCH3 is 1. The third kappa shape index (κ3) is 3.09. The molecule has 4 rings (SSSR count). The summed E-state index contributed by atoms with van der Waals surface area (Å²) in [6, 6.07) is 19.8. The maximum atomic E-state index is 13.4. The number of rotatable bonds is 3. The van der Waals surface area contributed by atoms with Crippen LogP contribution < -0.4 is 10.2 Å². The van der Waals surface area contributed by atoms with Gasteiger partial charge in [-0.2, -0.15) is 0 Å². The van der Waals surface area contributed by atoms with E-state index in [4.69, 9.17) is 4.74 Å². The van der Waals surface area contributed by atoms with Gasteiger partial charge in [-0.1, -0.05) is 24.3 Å². The Labute approximate surface area is 161 Å². The number of esters is 1. The Kier molecular flexibility index (Phi) is 4.53. The molecule has 0 bridgehead atoms. The van der Waals surface area contributed by atoms with Gasteiger partial charge in [0, 0.05) is 11.4 Å². The molecule has 0 saturated carbocycles. The van der Waals surface area contributed by atoms with Gasteiger partial charge in [-0.3, -0.25) is 9.69 Å². The van der Waals surface area contributed by atoms with Crippen molar-refractivity contribution in [1.29, 1.82) is 0 Å². The molecule has 0 aliphatic carbocycles. The van der Waals surface area contributed by atoms with Crippen molar-refractivity contribution < 1.29 is 18.7 Å². The fourth-order valence-electron chi connectivity index (χ4n) is 3.27. The van der Waals surface area contributed by atoms with E-state index in [1.165, 1.54) is 19.2 Å². The molecule has 1 atom stereocenters. The Bertz CT molecular complexity index is 1030. The number of para-hydroxylation sites is 1. The first-order valence-electron chi connectivity index (χ1n) is 8.71. The summed E-state index contributed by atoms with van der Waals surface area (Å²) in [5.41, 5.74) is 3.01. The first-order valence-corrected chi connectivity index (χ1v) is 8.71. The largest absolute Gasteiger partial charge is 0.465 e. The average Bonchev–Trinajstić information content (AvgIpc) is 2.74. The van der Waals surface area contributed by atoms with E-state index < -0.39 is 12.1 Å². The Balaban J connectivity index is 1.79. The Morgan fingerprint density at radius 2 is 1.68 bits per heavy atom. The number of amides is 1. The van der Waals surface area contributed by atoms with Crippen LogP contribution in [0, 0.1) is 5.82 Å². The minimum atomic E-state index is -0.514. The molecule has 6 heteroatoms. The number of carbonyl (C=O) groups is 2. The molecule has 1 aliphatic rings. The van der Waals surface area contributed by atoms with Crippen LogP contribution in [0.1, 0.15) is 32.4 Å². The van der Waals surface area contributed by atoms with E-state index in [2.05, 4.69) is 5.32 Å². The molecule has 1 N–H and O–H groups in total. The monoisotopic (exact) mass is 376 g/mol. The number of nitrogens with zero attached hydrogens (tertiary/aromatic N) is 1. The molecule has 28 heavy (non-hydrogen) atoms. The van der Waals surface area contributed by atoms with Crippen LogP contribution in [-0.4, -0.2) is 19.0 Å². The summed E-state index contributed by atoms with van der Waals surface area (Å²) < 4.78 is 18.1. The molecule has 5 nitrogen and oxygen atoms in total. The van der Waals surface area contributed by atoms with E-state index >= 15 is 0 Å². The number of hydrogen-bond donors (Lipinski definition) is 1. The molecule has 0 fully saturated rings. The molecule has 1 amide bonds. The SMILES string of the molecule is COC(=O)c1ccc([C@@H]2Nc3ccccc3C(=O)N2c2ccc(F)cc2)cc1. The predicted octanol–water partition coefficient (Wildman–Crippen LogP) is 4.38. The molecule has 0 radical (unpaired) electrons. The van der Waals surface area contributed by atoms with E-state index in [-0.39, 0.29) is 11.7 Å². The van der Waals surface area contributed by atoms with Gasteiger partial charge in [0.15, 0.2) is 0 Å². The zero-order valence-electron chi connectivity index (χ0n) is 15.1. The molecular formula is C22H17FN2O3. The van der Waals surface area contributed by atoms with Gasteiger partial charge in [-0.05, 0) is 54.1 Å². The third-order valence-corrected chi connectivity index (χ3v) is 4.68. The predicted molar refractivity (Wildman–Crippen MR) is 104 cm³/mol. The maximum absolute atomic E-state index is 13.4. The van der Waals surface area contributed by atoms with Crippen molar-refractivity contribution in [2.45, 2.75) is 6.17 Å². The maximum Gasteiger partial charge on any atom is 0.337 e. The molecule has 0 saturated heterocycles. The summed E-state index contributed by atoms with van der Waals surface area (Å²) in [6.07, 6.45) is -0.514. The van der Waals surface area contributed by atoms with Crippen LogP contribution in [0.25, 0.3) is 0 Å². The lowest BCUT2D eigenvalue weighted by Crippen LogP contribution is -2.43. The van der Waals surface area contributed by atoms with Gasteiger partial charge in [0.1, 0.15) is 12.0 Å². The molecule has 3 aromatic rings. The molecule has 1 aliphatic heterocycles. The van der Waals surface area contributed by atoms with E-state index in [1.54, 1.807) is 53.4 Å². The highest BCUT2D eigenvalue weighted by molar-refractivity contribution is 6.12. The van der Waals surface area contributed by atoms with E-state index in [0.29, 0.717) is 22.5 Å². The Morgan fingerprint density at radius 3 is 2.36 bits per heavy atom. The van der Waals surface area contributed by atoms with Crippen LogP contribution in [0.3, 0.4) is 0 Å². The average molecular weight is 376 g/mol. The number of ether oxygens (including phenoxy) is 1. The van der Waals surface area contributed by atoms with Gasteiger partial charge < -0.3 is 10.1 Å². The fraction of sp³-hybridized carbons (Fsp3) is 0.0909. The Morgan fingerprint density at radius 1 is 1.00 bits per heavy atom. The molecule has 3 aromatic carbocycles. The van der Waals surface area contributed by atoms with Crippen LogP contribution in [0.2, 0.25) is 0 Å². The highest BCUT2D eigenvalue weighted by Gasteiger charge is 2.34. The van der Waals surface area contributed by atoms with Crippen molar-refractivity contribution in [3.05, 3.63) is 95.3 Å². The van der Waals surface area contributed by atoms with Crippen LogP contribution >= 0.6 is 0 Å². The Hall–Kier alpha value is -3.67. The second-order valence-electron chi connectivity index (χ2n) is 6.36. The summed E-state index contributed by atoms with van der Waals surface area (Å²) in [4.78, 5) is 26.5. The lowest BCUT2D eigenvalue weighted by Gasteiger charge is -2.38. The molecule has 1 heterocycles. The normalized spacial score (nSPS) is 15.6. The van der Waals surface area contributed by atoms with Gasteiger partial charge in [0.05, 0.1) is 18.2 Å². The minimum absolute atomic E-state index is 0.192. The summed E-state index contributed by atoms with van der Waals surface area (Å²) in [5.74, 6) is -0.997. The molecule has 140 valence electrons.